The van der Waals surface area contributed by atoms with Crippen LogP contribution in [-0.4, -0.2) is 20.1 Å². The number of benzene rings is 15. The zero-order valence-corrected chi connectivity index (χ0v) is 54.7. The normalized spacial score (nSPS) is 13.3. The summed E-state index contributed by atoms with van der Waals surface area (Å²) < 4.78 is 23.1. The number of ether oxygens (including phenoxy) is 3. The fourth-order valence-electron chi connectivity index (χ4n) is 17.0. The number of fused-ring (bicyclic) bond motifs is 13. The van der Waals surface area contributed by atoms with E-state index in [1.165, 1.54) is 5.46 Å². The van der Waals surface area contributed by atoms with Gasteiger partial charge in [-0.15, -0.1) is 0 Å². The van der Waals surface area contributed by atoms with Crippen molar-refractivity contribution in [1.82, 2.24) is 0 Å². The molecule has 0 N–H and O–H groups in total. The van der Waals surface area contributed by atoms with Crippen molar-refractivity contribution in [3.8, 4) is 45.6 Å². The third-order valence-electron chi connectivity index (χ3n) is 21.1. The number of anilines is 15. The van der Waals surface area contributed by atoms with Gasteiger partial charge in [-0.2, -0.15) is 0 Å². The van der Waals surface area contributed by atoms with Crippen LogP contribution in [0.1, 0.15) is 0 Å². The third kappa shape index (κ3) is 8.79. The lowest BCUT2D eigenvalue weighted by Gasteiger charge is -2.46. The Hall–Kier alpha value is -13.1. The topological polar surface area (TPSA) is 43.9 Å². The minimum Gasteiger partial charge on any atom is -0.459 e. The van der Waals surface area contributed by atoms with Crippen LogP contribution >= 0.6 is 0 Å². The van der Waals surface area contributed by atoms with Gasteiger partial charge in [-0.1, -0.05) is 218 Å². The maximum absolute atomic E-state index is 7.92. The SMILES string of the molecule is c1ccc(-c2ccccc2N2c3cc4c(cc3B3c5ccccc5Oc5c6c(cc2c53)Oc2cc(N(c3ccccc3)c3ccccc3)cc3c2B6c2ccccc2N3c2ccccc2)B2c3ccccc3Oc3cc(N(c5ccccc5)c5ccccc5)cc(c32)N4c2ccccc2)cc1. The third-order valence-corrected chi connectivity index (χ3v) is 21.1. The van der Waals surface area contributed by atoms with Gasteiger partial charge in [0.1, 0.15) is 34.5 Å². The van der Waals surface area contributed by atoms with Crippen molar-refractivity contribution in [2.45, 2.75) is 0 Å². The summed E-state index contributed by atoms with van der Waals surface area (Å²) in [5.41, 5.74) is 27.6. The molecule has 11 heteroatoms. The highest BCUT2D eigenvalue weighted by molar-refractivity contribution is 7.04. The number of nitrogens with zero attached hydrogens (tertiary/aromatic N) is 5. The van der Waals surface area contributed by atoms with Crippen molar-refractivity contribution in [3.05, 3.63) is 352 Å². The van der Waals surface area contributed by atoms with E-state index in [0.29, 0.717) is 0 Å². The monoisotopic (exact) mass is 1290 g/mol. The van der Waals surface area contributed by atoms with E-state index in [-0.39, 0.29) is 20.1 Å². The first-order valence-electron chi connectivity index (χ1n) is 34.7. The van der Waals surface area contributed by atoms with Gasteiger partial charge in [-0.05, 0) is 165 Å². The molecule has 0 atom stereocenters. The van der Waals surface area contributed by atoms with E-state index in [4.69, 9.17) is 14.2 Å². The zero-order chi connectivity index (χ0) is 66.2. The molecule has 470 valence electrons. The predicted molar refractivity (Wildman–Crippen MR) is 419 cm³/mol. The van der Waals surface area contributed by atoms with Crippen LogP contribution in [0.3, 0.4) is 0 Å². The number of rotatable bonds is 10. The molecule has 0 spiro atoms. The second kappa shape index (κ2) is 22.7. The molecule has 15 aromatic rings. The second-order valence-corrected chi connectivity index (χ2v) is 26.6. The molecule has 15 aromatic carbocycles. The minimum atomic E-state index is -0.324. The molecule has 101 heavy (non-hydrogen) atoms. The Bertz CT molecular complexity index is 5740. The fraction of sp³-hybridized carbons (Fsp3) is 0. The predicted octanol–water partition coefficient (Wildman–Crippen LogP) is 17.5. The summed E-state index contributed by atoms with van der Waals surface area (Å²) in [4.78, 5) is 12.2. The molecular weight excluding hydrogens is 1230 g/mol. The minimum absolute atomic E-state index is 0.232. The average Bonchev–Trinajstić information content (AvgIpc) is 0.681. The molecule has 0 saturated heterocycles. The van der Waals surface area contributed by atoms with Gasteiger partial charge >= 0.3 is 0 Å². The van der Waals surface area contributed by atoms with Crippen molar-refractivity contribution >= 4 is 155 Å². The zero-order valence-electron chi connectivity index (χ0n) is 54.7. The quantitative estimate of drug-likeness (QED) is 0.126. The van der Waals surface area contributed by atoms with Gasteiger partial charge < -0.3 is 38.7 Å². The smallest absolute Gasteiger partial charge is 0.261 e. The molecule has 0 radical (unpaired) electrons. The molecule has 0 unspecified atom stereocenters. The Kier molecular flexibility index (Phi) is 12.8. The molecule has 0 bridgehead atoms. The van der Waals surface area contributed by atoms with Gasteiger partial charge in [0.25, 0.3) is 20.1 Å². The van der Waals surface area contributed by atoms with E-state index in [2.05, 4.69) is 376 Å². The van der Waals surface area contributed by atoms with Crippen LogP contribution in [0, 0.1) is 0 Å². The standard InChI is InChI=1S/C90H58B3N5O3/c1-8-30-59(31-9-1)68-44-22-26-48-74(68)98-77-57-76-72(91-70-46-24-28-50-81(70)99-83-54-66(52-78(86(83)91)97(76)65-42-20-7-21-43-65)94(60-32-10-2-11-33-60)61-34-12-3-13-35-61)56-73(77)92-71-47-25-29-51-82(71)101-90-88(92)80(98)58-85-89(90)93-69-45-23-27-49-75(69)96(64-40-18-6-19-41-64)79-53-67(55-84(100-85)87(79)93)95(62-36-14-4-15-37-62)63-38-16-5-17-39-63/h1-58H. The largest absolute Gasteiger partial charge is 0.459 e. The van der Waals surface area contributed by atoms with E-state index >= 15 is 0 Å². The molecule has 0 aliphatic carbocycles. The van der Waals surface area contributed by atoms with Crippen LogP contribution in [0.5, 0.6) is 34.5 Å². The van der Waals surface area contributed by atoms with Crippen LogP contribution in [0.15, 0.2) is 352 Å². The van der Waals surface area contributed by atoms with Crippen molar-refractivity contribution in [3.63, 3.8) is 0 Å². The van der Waals surface area contributed by atoms with Crippen molar-refractivity contribution in [2.24, 2.45) is 0 Å². The molecule has 21 rings (SSSR count). The maximum atomic E-state index is 7.92. The average molecular weight is 1290 g/mol. The molecule has 0 fully saturated rings. The Morgan fingerprint density at radius 1 is 0.218 bits per heavy atom. The van der Waals surface area contributed by atoms with Crippen LogP contribution in [0.2, 0.25) is 0 Å². The number of para-hydroxylation sites is 10. The number of hydrogen-bond acceptors (Lipinski definition) is 8. The Morgan fingerprint density at radius 3 is 1.15 bits per heavy atom. The highest BCUT2D eigenvalue weighted by Crippen LogP contribution is 2.53. The van der Waals surface area contributed by atoms with E-state index < -0.39 is 0 Å². The van der Waals surface area contributed by atoms with Crippen LogP contribution < -0.4 is 87.9 Å². The van der Waals surface area contributed by atoms with Gasteiger partial charge in [0.05, 0.1) is 17.1 Å². The van der Waals surface area contributed by atoms with Crippen LogP contribution in [-0.2, 0) is 0 Å². The molecule has 6 heterocycles. The summed E-state index contributed by atoms with van der Waals surface area (Å²) in [6.07, 6.45) is 0. The summed E-state index contributed by atoms with van der Waals surface area (Å²) in [5.74, 6) is 4.77. The van der Waals surface area contributed by atoms with E-state index in [1.54, 1.807) is 0 Å². The first-order valence-corrected chi connectivity index (χ1v) is 34.7. The Balaban J connectivity index is 0.858. The lowest BCUT2D eigenvalue weighted by Crippen LogP contribution is -2.66. The van der Waals surface area contributed by atoms with Crippen LogP contribution in [0.4, 0.5) is 85.3 Å². The molecule has 8 nitrogen and oxygen atoms in total. The summed E-state index contributed by atoms with van der Waals surface area (Å²) in [6.45, 7) is -0.864. The van der Waals surface area contributed by atoms with Gasteiger partial charge in [0, 0.05) is 97.5 Å². The Morgan fingerprint density at radius 2 is 0.604 bits per heavy atom. The molecule has 6 aliphatic heterocycles. The summed E-state index contributed by atoms with van der Waals surface area (Å²) >= 11 is 0. The van der Waals surface area contributed by atoms with Crippen molar-refractivity contribution in [1.29, 1.82) is 0 Å². The van der Waals surface area contributed by atoms with Gasteiger partial charge in [0.2, 0.25) is 0 Å². The Labute approximate surface area is 587 Å². The molecule has 0 saturated carbocycles. The number of hydrogen-bond donors (Lipinski definition) is 0. The van der Waals surface area contributed by atoms with Gasteiger partial charge in [-0.3, -0.25) is 0 Å². The van der Waals surface area contributed by atoms with Crippen molar-refractivity contribution in [2.75, 3.05) is 24.5 Å². The summed E-state index contributed by atoms with van der Waals surface area (Å²) in [7, 11) is 0. The summed E-state index contributed by atoms with van der Waals surface area (Å²) in [5, 5.41) is 0. The van der Waals surface area contributed by atoms with E-state index in [0.717, 1.165) is 175 Å². The highest BCUT2D eigenvalue weighted by Gasteiger charge is 2.52. The van der Waals surface area contributed by atoms with Gasteiger partial charge in [0.15, 0.2) is 0 Å². The molecular formula is C90H58B3N5O3. The van der Waals surface area contributed by atoms with Gasteiger partial charge in [-0.25, -0.2) is 0 Å². The van der Waals surface area contributed by atoms with Crippen LogP contribution in [0.25, 0.3) is 11.1 Å². The van der Waals surface area contributed by atoms with E-state index in [1.807, 2.05) is 0 Å². The highest BCUT2D eigenvalue weighted by atomic mass is 16.5. The molecule has 6 aliphatic rings. The fourth-order valence-corrected chi connectivity index (χ4v) is 17.0. The maximum Gasteiger partial charge on any atom is 0.261 e. The summed E-state index contributed by atoms with van der Waals surface area (Å²) in [6, 6.07) is 127. The van der Waals surface area contributed by atoms with Crippen molar-refractivity contribution < 1.29 is 14.2 Å². The lowest BCUT2D eigenvalue weighted by molar-refractivity contribution is 0.469. The lowest BCUT2D eigenvalue weighted by atomic mass is 9.29. The molecule has 0 amide bonds. The second-order valence-electron chi connectivity index (χ2n) is 26.6. The van der Waals surface area contributed by atoms with E-state index in [9.17, 15) is 0 Å². The first-order chi connectivity index (χ1) is 50.1. The molecule has 0 aromatic heterocycles. The first kappa shape index (κ1) is 57.0.